The Balaban J connectivity index is 1.99. The molecule has 0 aliphatic carbocycles. The van der Waals surface area contributed by atoms with Crippen molar-refractivity contribution < 1.29 is 14.1 Å². The number of ether oxygens (including phenoxy) is 1. The molecular formula is C12H13N3O5. The van der Waals surface area contributed by atoms with Gasteiger partial charge in [-0.2, -0.15) is 0 Å². The van der Waals surface area contributed by atoms with Gasteiger partial charge in [0.2, 0.25) is 0 Å². The first kappa shape index (κ1) is 12.8. The molecule has 0 amide bonds. The average Bonchev–Trinajstić information content (AvgIpc) is 2.75. The molecule has 1 aliphatic heterocycles. The predicted molar refractivity (Wildman–Crippen MR) is 69.5 cm³/mol. The summed E-state index contributed by atoms with van der Waals surface area (Å²) in [6.45, 7) is 3.01. The van der Waals surface area contributed by atoms with Crippen LogP contribution in [-0.4, -0.2) is 40.7 Å². The Hall–Kier alpha value is -2.19. The molecule has 0 spiro atoms. The summed E-state index contributed by atoms with van der Waals surface area (Å²) in [5, 5.41) is 10.8. The number of fused-ring (bicyclic) bond motifs is 1. The number of rotatable bonds is 3. The first-order valence-corrected chi connectivity index (χ1v) is 6.23. The molecule has 3 rings (SSSR count). The molecule has 0 unspecified atom stereocenters. The zero-order chi connectivity index (χ0) is 14.1. The minimum Gasteiger partial charge on any atom is -0.408 e. The number of hydrogen-bond donors (Lipinski definition) is 0. The first-order valence-electron chi connectivity index (χ1n) is 6.23. The number of benzene rings is 1. The lowest BCUT2D eigenvalue weighted by atomic mass is 10.3. The Morgan fingerprint density at radius 3 is 2.75 bits per heavy atom. The number of non-ortho nitro benzene ring substituents is 1. The third-order valence-corrected chi connectivity index (χ3v) is 3.31. The highest BCUT2D eigenvalue weighted by Gasteiger charge is 2.17. The van der Waals surface area contributed by atoms with Crippen molar-refractivity contribution in [2.75, 3.05) is 26.3 Å². The second kappa shape index (κ2) is 5.06. The maximum absolute atomic E-state index is 11.9. The first-order chi connectivity index (χ1) is 9.65. The monoisotopic (exact) mass is 279 g/mol. The van der Waals surface area contributed by atoms with E-state index in [9.17, 15) is 14.9 Å². The van der Waals surface area contributed by atoms with E-state index in [1.165, 1.54) is 22.8 Å². The van der Waals surface area contributed by atoms with E-state index >= 15 is 0 Å². The third-order valence-electron chi connectivity index (χ3n) is 3.31. The van der Waals surface area contributed by atoms with E-state index in [2.05, 4.69) is 0 Å². The Morgan fingerprint density at radius 1 is 1.30 bits per heavy atom. The van der Waals surface area contributed by atoms with Gasteiger partial charge in [-0.05, 0) is 6.07 Å². The van der Waals surface area contributed by atoms with Gasteiger partial charge in [-0.15, -0.1) is 0 Å². The molecule has 8 nitrogen and oxygen atoms in total. The number of nitro benzene ring substituents is 1. The van der Waals surface area contributed by atoms with Gasteiger partial charge in [-0.1, -0.05) is 0 Å². The molecular weight excluding hydrogens is 266 g/mol. The molecule has 0 radical (unpaired) electrons. The molecule has 8 heteroatoms. The standard InChI is InChI=1S/C12H13N3O5/c16-12-14(8-13-3-5-19-6-4-13)10-7-9(15(17)18)1-2-11(10)20-12/h1-2,7H,3-6,8H2. The third kappa shape index (κ3) is 2.30. The van der Waals surface area contributed by atoms with Crippen LogP contribution in [0.1, 0.15) is 0 Å². The number of nitro groups is 1. The van der Waals surface area contributed by atoms with Crippen LogP contribution in [0.4, 0.5) is 5.69 Å². The zero-order valence-corrected chi connectivity index (χ0v) is 10.7. The van der Waals surface area contributed by atoms with Crippen LogP contribution in [0.15, 0.2) is 27.4 Å². The molecule has 1 fully saturated rings. The fraction of sp³-hybridized carbons (Fsp3) is 0.417. The fourth-order valence-corrected chi connectivity index (χ4v) is 2.24. The number of aromatic nitrogens is 1. The van der Waals surface area contributed by atoms with E-state index in [1.807, 2.05) is 4.90 Å². The Morgan fingerprint density at radius 2 is 2.05 bits per heavy atom. The number of hydrogen-bond acceptors (Lipinski definition) is 6. The molecule has 20 heavy (non-hydrogen) atoms. The normalized spacial score (nSPS) is 16.6. The summed E-state index contributed by atoms with van der Waals surface area (Å²) in [7, 11) is 0. The number of nitrogens with zero attached hydrogens (tertiary/aromatic N) is 3. The van der Waals surface area contributed by atoms with E-state index in [-0.39, 0.29) is 5.69 Å². The molecule has 0 atom stereocenters. The molecule has 0 N–H and O–H groups in total. The second-order valence-corrected chi connectivity index (χ2v) is 4.58. The molecule has 1 saturated heterocycles. The van der Waals surface area contributed by atoms with Crippen LogP contribution in [0, 0.1) is 10.1 Å². The zero-order valence-electron chi connectivity index (χ0n) is 10.7. The van der Waals surface area contributed by atoms with E-state index in [0.29, 0.717) is 44.1 Å². The molecule has 0 saturated carbocycles. The Labute approximate surface area is 113 Å². The van der Waals surface area contributed by atoms with Crippen molar-refractivity contribution in [3.05, 3.63) is 38.9 Å². The van der Waals surface area contributed by atoms with Gasteiger partial charge < -0.3 is 9.15 Å². The summed E-state index contributed by atoms with van der Waals surface area (Å²) in [6.07, 6.45) is 0. The maximum atomic E-state index is 11.9. The summed E-state index contributed by atoms with van der Waals surface area (Å²) in [4.78, 5) is 24.2. The van der Waals surface area contributed by atoms with Gasteiger partial charge >= 0.3 is 5.76 Å². The molecule has 2 aromatic rings. The van der Waals surface area contributed by atoms with Crippen molar-refractivity contribution in [1.82, 2.24) is 9.47 Å². The molecule has 0 bridgehead atoms. The SMILES string of the molecule is O=c1oc2ccc([N+](=O)[O-])cc2n1CN1CCOCC1. The van der Waals surface area contributed by atoms with Crippen LogP contribution in [-0.2, 0) is 11.4 Å². The van der Waals surface area contributed by atoms with Crippen molar-refractivity contribution in [2.24, 2.45) is 0 Å². The number of morpholine rings is 1. The van der Waals surface area contributed by atoms with E-state index in [4.69, 9.17) is 9.15 Å². The van der Waals surface area contributed by atoms with Crippen molar-refractivity contribution in [2.45, 2.75) is 6.67 Å². The van der Waals surface area contributed by atoms with E-state index < -0.39 is 10.7 Å². The lowest BCUT2D eigenvalue weighted by Crippen LogP contribution is -2.39. The Bertz CT molecular complexity index is 699. The van der Waals surface area contributed by atoms with Gasteiger partial charge in [0.25, 0.3) is 5.69 Å². The smallest absolute Gasteiger partial charge is 0.408 e. The van der Waals surface area contributed by atoms with Gasteiger partial charge in [0, 0.05) is 25.2 Å². The highest BCUT2D eigenvalue weighted by atomic mass is 16.6. The number of oxazole rings is 1. The van der Waals surface area contributed by atoms with Crippen molar-refractivity contribution in [3.8, 4) is 0 Å². The molecule has 106 valence electrons. The molecule has 2 heterocycles. The summed E-state index contributed by atoms with van der Waals surface area (Å²) in [6, 6.07) is 4.13. The lowest BCUT2D eigenvalue weighted by Gasteiger charge is -2.26. The van der Waals surface area contributed by atoms with Gasteiger partial charge in [0.15, 0.2) is 5.58 Å². The van der Waals surface area contributed by atoms with Crippen LogP contribution in [0.2, 0.25) is 0 Å². The van der Waals surface area contributed by atoms with Crippen LogP contribution in [0.5, 0.6) is 0 Å². The summed E-state index contributed by atoms with van der Waals surface area (Å²) in [5.41, 5.74) is 0.735. The van der Waals surface area contributed by atoms with Gasteiger partial charge in [-0.25, -0.2) is 4.79 Å². The summed E-state index contributed by atoms with van der Waals surface area (Å²) >= 11 is 0. The van der Waals surface area contributed by atoms with Gasteiger partial charge in [-0.3, -0.25) is 19.6 Å². The minimum absolute atomic E-state index is 0.0611. The lowest BCUT2D eigenvalue weighted by molar-refractivity contribution is -0.384. The predicted octanol–water partition coefficient (Wildman–Crippen LogP) is 0.792. The molecule has 1 aromatic heterocycles. The van der Waals surface area contributed by atoms with Gasteiger partial charge in [0.1, 0.15) is 0 Å². The second-order valence-electron chi connectivity index (χ2n) is 4.58. The highest BCUT2D eigenvalue weighted by molar-refractivity contribution is 5.75. The van der Waals surface area contributed by atoms with E-state index in [0.717, 1.165) is 0 Å². The molecule has 1 aromatic carbocycles. The van der Waals surface area contributed by atoms with E-state index in [1.54, 1.807) is 0 Å². The van der Waals surface area contributed by atoms with Crippen molar-refractivity contribution in [3.63, 3.8) is 0 Å². The fourth-order valence-electron chi connectivity index (χ4n) is 2.24. The highest BCUT2D eigenvalue weighted by Crippen LogP contribution is 2.20. The van der Waals surface area contributed by atoms with Crippen LogP contribution >= 0.6 is 0 Å². The van der Waals surface area contributed by atoms with Crippen LogP contribution < -0.4 is 5.76 Å². The summed E-state index contributed by atoms with van der Waals surface area (Å²) in [5.74, 6) is -0.507. The van der Waals surface area contributed by atoms with Crippen LogP contribution in [0.25, 0.3) is 11.1 Å². The van der Waals surface area contributed by atoms with Crippen LogP contribution in [0.3, 0.4) is 0 Å². The average molecular weight is 279 g/mol. The summed E-state index contributed by atoms with van der Waals surface area (Å²) < 4.78 is 11.8. The minimum atomic E-state index is -0.507. The maximum Gasteiger partial charge on any atom is 0.421 e. The van der Waals surface area contributed by atoms with Crippen molar-refractivity contribution in [1.29, 1.82) is 0 Å². The Kier molecular flexibility index (Phi) is 3.25. The quantitative estimate of drug-likeness (QED) is 0.609. The van der Waals surface area contributed by atoms with Gasteiger partial charge in [0.05, 0.1) is 30.3 Å². The largest absolute Gasteiger partial charge is 0.421 e. The topological polar surface area (TPSA) is 90.8 Å². The molecule has 1 aliphatic rings. The van der Waals surface area contributed by atoms with Crippen molar-refractivity contribution >= 4 is 16.8 Å².